The van der Waals surface area contributed by atoms with Crippen LogP contribution in [0.4, 0.5) is 0 Å². The molecule has 0 aliphatic heterocycles. The van der Waals surface area contributed by atoms with Crippen molar-refractivity contribution in [2.75, 3.05) is 7.11 Å². The molecule has 0 saturated heterocycles. The lowest BCUT2D eigenvalue weighted by Gasteiger charge is -1.99. The van der Waals surface area contributed by atoms with E-state index in [1.807, 2.05) is 6.92 Å². The summed E-state index contributed by atoms with van der Waals surface area (Å²) in [5.41, 5.74) is 0. The molecular formula is C6H11O2. The summed E-state index contributed by atoms with van der Waals surface area (Å²) in [7, 11) is 1.38. The maximum Gasteiger partial charge on any atom is 0.305 e. The van der Waals surface area contributed by atoms with Crippen LogP contribution in [0, 0.1) is 12.8 Å². The van der Waals surface area contributed by atoms with Gasteiger partial charge in [0.25, 0.3) is 0 Å². The van der Waals surface area contributed by atoms with Crippen molar-refractivity contribution >= 4 is 5.97 Å². The third kappa shape index (κ3) is 3.65. The van der Waals surface area contributed by atoms with E-state index in [4.69, 9.17) is 0 Å². The minimum absolute atomic E-state index is 0.155. The average molecular weight is 115 g/mol. The molecule has 0 rings (SSSR count). The van der Waals surface area contributed by atoms with Crippen molar-refractivity contribution in [1.82, 2.24) is 0 Å². The molecule has 0 aromatic heterocycles. The van der Waals surface area contributed by atoms with Gasteiger partial charge in [0, 0.05) is 6.42 Å². The van der Waals surface area contributed by atoms with Crippen molar-refractivity contribution in [2.45, 2.75) is 13.3 Å². The normalized spacial score (nSPS) is 9.50. The summed E-state index contributed by atoms with van der Waals surface area (Å²) in [4.78, 5) is 10.4. The molecule has 8 heavy (non-hydrogen) atoms. The highest BCUT2D eigenvalue weighted by atomic mass is 16.5. The Morgan fingerprint density at radius 3 is 2.50 bits per heavy atom. The molecule has 0 fully saturated rings. The van der Waals surface area contributed by atoms with Crippen LogP contribution in [0.2, 0.25) is 0 Å². The molecule has 2 heteroatoms. The third-order valence-corrected chi connectivity index (χ3v) is 0.743. The van der Waals surface area contributed by atoms with Crippen LogP contribution in [0.25, 0.3) is 0 Å². The van der Waals surface area contributed by atoms with E-state index >= 15 is 0 Å². The van der Waals surface area contributed by atoms with E-state index in [1.54, 1.807) is 0 Å². The molecule has 1 atom stereocenters. The first kappa shape index (κ1) is 7.47. The lowest BCUT2D eigenvalue weighted by atomic mass is 10.1. The molecule has 0 unspecified atom stereocenters. The summed E-state index contributed by atoms with van der Waals surface area (Å²) in [6, 6.07) is 0. The van der Waals surface area contributed by atoms with Gasteiger partial charge >= 0.3 is 5.97 Å². The first-order valence-electron chi connectivity index (χ1n) is 2.56. The molecule has 0 heterocycles. The molecule has 47 valence electrons. The molecule has 0 spiro atoms. The number of esters is 1. The number of hydrogen-bond acceptors (Lipinski definition) is 2. The Balaban J connectivity index is 3.25. The first-order valence-corrected chi connectivity index (χ1v) is 2.56. The van der Waals surface area contributed by atoms with Gasteiger partial charge in [-0.25, -0.2) is 0 Å². The number of ether oxygens (including phenoxy) is 1. The SMILES string of the molecule is [CH2][C@@H](C)CC(=O)OC. The first-order chi connectivity index (χ1) is 3.66. The molecule has 2 nitrogen and oxygen atoms in total. The maximum absolute atomic E-state index is 10.4. The summed E-state index contributed by atoms with van der Waals surface area (Å²) in [5.74, 6) is -0.0325. The smallest absolute Gasteiger partial charge is 0.305 e. The molecule has 1 radical (unpaired) electrons. The van der Waals surface area contributed by atoms with Gasteiger partial charge in [0.1, 0.15) is 0 Å². The minimum atomic E-state index is -0.187. The summed E-state index contributed by atoms with van der Waals surface area (Å²) >= 11 is 0. The van der Waals surface area contributed by atoms with Crippen LogP contribution in [0.5, 0.6) is 0 Å². The lowest BCUT2D eigenvalue weighted by molar-refractivity contribution is -0.141. The van der Waals surface area contributed by atoms with Gasteiger partial charge in [-0.3, -0.25) is 4.79 Å². The topological polar surface area (TPSA) is 26.3 Å². The van der Waals surface area contributed by atoms with Crippen LogP contribution in [0.15, 0.2) is 0 Å². The molecule has 0 aromatic rings. The van der Waals surface area contributed by atoms with Gasteiger partial charge in [-0.15, -0.1) is 0 Å². The molecule has 0 aliphatic rings. The third-order valence-electron chi connectivity index (χ3n) is 0.743. The van der Waals surface area contributed by atoms with Crippen molar-refractivity contribution in [1.29, 1.82) is 0 Å². The summed E-state index contributed by atoms with van der Waals surface area (Å²) in [5, 5.41) is 0. The quantitative estimate of drug-likeness (QED) is 0.502. The zero-order chi connectivity index (χ0) is 6.57. The van der Waals surface area contributed by atoms with Crippen molar-refractivity contribution in [3.63, 3.8) is 0 Å². The van der Waals surface area contributed by atoms with Crippen LogP contribution < -0.4 is 0 Å². The highest BCUT2D eigenvalue weighted by Gasteiger charge is 2.01. The predicted molar refractivity (Wildman–Crippen MR) is 31.2 cm³/mol. The Hall–Kier alpha value is -0.530. The molecule has 0 aromatic carbocycles. The van der Waals surface area contributed by atoms with Gasteiger partial charge in [0.15, 0.2) is 0 Å². The Labute approximate surface area is 49.8 Å². The molecule has 0 N–H and O–H groups in total. The highest BCUT2D eigenvalue weighted by Crippen LogP contribution is 1.98. The number of hydrogen-bond donors (Lipinski definition) is 0. The van der Waals surface area contributed by atoms with Crippen LogP contribution in [-0.2, 0) is 9.53 Å². The zero-order valence-corrected chi connectivity index (χ0v) is 5.31. The second-order valence-corrected chi connectivity index (χ2v) is 1.89. The Morgan fingerprint density at radius 2 is 2.38 bits per heavy atom. The molecule has 0 amide bonds. The molecular weight excluding hydrogens is 104 g/mol. The maximum atomic E-state index is 10.4. The van der Waals surface area contributed by atoms with Crippen LogP contribution in [0.1, 0.15) is 13.3 Å². The van der Waals surface area contributed by atoms with Crippen molar-refractivity contribution in [3.8, 4) is 0 Å². The number of methoxy groups -OCH3 is 1. The standard InChI is InChI=1S/C6H11O2/c1-5(2)4-6(7)8-3/h5H,1,4H2,2-3H3/t5-/m0/s1. The molecule has 0 bridgehead atoms. The Morgan fingerprint density at radius 1 is 1.88 bits per heavy atom. The van der Waals surface area contributed by atoms with Gasteiger partial charge in [0.05, 0.1) is 7.11 Å². The van der Waals surface area contributed by atoms with Gasteiger partial charge in [-0.2, -0.15) is 0 Å². The zero-order valence-electron chi connectivity index (χ0n) is 5.31. The fraction of sp³-hybridized carbons (Fsp3) is 0.667. The number of rotatable bonds is 2. The van der Waals surface area contributed by atoms with Crippen molar-refractivity contribution < 1.29 is 9.53 Å². The van der Waals surface area contributed by atoms with E-state index in [0.29, 0.717) is 6.42 Å². The fourth-order valence-electron chi connectivity index (χ4n) is 0.368. The summed E-state index contributed by atoms with van der Waals surface area (Å²) < 4.78 is 4.38. The van der Waals surface area contributed by atoms with Gasteiger partial charge in [0.2, 0.25) is 0 Å². The van der Waals surface area contributed by atoms with E-state index in [1.165, 1.54) is 7.11 Å². The van der Waals surface area contributed by atoms with Gasteiger partial charge in [-0.1, -0.05) is 6.92 Å². The van der Waals surface area contributed by atoms with Crippen molar-refractivity contribution in [3.05, 3.63) is 6.92 Å². The second-order valence-electron chi connectivity index (χ2n) is 1.89. The number of carbonyl (C=O) groups is 1. The predicted octanol–water partition coefficient (Wildman–Crippen LogP) is 1.02. The summed E-state index contributed by atoms with van der Waals surface area (Å²) in [6.45, 7) is 5.50. The van der Waals surface area contributed by atoms with Gasteiger partial charge < -0.3 is 4.74 Å². The fourth-order valence-corrected chi connectivity index (χ4v) is 0.368. The molecule has 0 aliphatic carbocycles. The highest BCUT2D eigenvalue weighted by molar-refractivity contribution is 5.69. The van der Waals surface area contributed by atoms with E-state index in [9.17, 15) is 4.79 Å². The van der Waals surface area contributed by atoms with E-state index in [0.717, 1.165) is 0 Å². The summed E-state index contributed by atoms with van der Waals surface area (Å²) in [6.07, 6.45) is 0.413. The Kier molecular flexibility index (Phi) is 3.24. The minimum Gasteiger partial charge on any atom is -0.469 e. The van der Waals surface area contributed by atoms with Crippen LogP contribution >= 0.6 is 0 Å². The monoisotopic (exact) mass is 115 g/mol. The lowest BCUT2D eigenvalue weighted by Crippen LogP contribution is -2.03. The number of carbonyl (C=O) groups excluding carboxylic acids is 1. The van der Waals surface area contributed by atoms with Crippen molar-refractivity contribution in [2.24, 2.45) is 5.92 Å². The van der Waals surface area contributed by atoms with E-state index < -0.39 is 0 Å². The van der Waals surface area contributed by atoms with E-state index in [2.05, 4.69) is 11.7 Å². The largest absolute Gasteiger partial charge is 0.469 e. The second kappa shape index (κ2) is 3.47. The Bertz CT molecular complexity index is 76.6. The molecule has 0 saturated carbocycles. The van der Waals surface area contributed by atoms with Gasteiger partial charge in [-0.05, 0) is 12.8 Å². The van der Waals surface area contributed by atoms with E-state index in [-0.39, 0.29) is 11.9 Å². The van der Waals surface area contributed by atoms with Crippen LogP contribution in [0.3, 0.4) is 0 Å². The van der Waals surface area contributed by atoms with Crippen LogP contribution in [-0.4, -0.2) is 13.1 Å². The average Bonchev–Trinajstić information content (AvgIpc) is 1.65.